The Morgan fingerprint density at radius 2 is 1.77 bits per heavy atom. The van der Waals surface area contributed by atoms with Crippen LogP contribution in [0.25, 0.3) is 0 Å². The highest BCUT2D eigenvalue weighted by Gasteiger charge is 2.43. The summed E-state index contributed by atoms with van der Waals surface area (Å²) in [4.78, 5) is 36.9. The van der Waals surface area contributed by atoms with E-state index in [0.717, 1.165) is 0 Å². The number of rotatable bonds is 4. The third-order valence-electron chi connectivity index (χ3n) is 3.58. The zero-order valence-electron chi connectivity index (χ0n) is 12.5. The lowest BCUT2D eigenvalue weighted by Crippen LogP contribution is -2.54. The van der Waals surface area contributed by atoms with Gasteiger partial charge in [0.05, 0.1) is 0 Å². The molecule has 0 aromatic heterocycles. The van der Waals surface area contributed by atoms with Crippen LogP contribution in [-0.4, -0.2) is 58.9 Å². The van der Waals surface area contributed by atoms with E-state index in [0.29, 0.717) is 29.1 Å². The Morgan fingerprint density at radius 1 is 1.18 bits per heavy atom. The van der Waals surface area contributed by atoms with Crippen LogP contribution in [0.1, 0.15) is 27.1 Å². The monoisotopic (exact) mass is 322 g/mol. The molecule has 1 unspecified atom stereocenters. The molecule has 1 heterocycles. The Bertz CT molecular complexity index is 592. The minimum absolute atomic E-state index is 0.152. The van der Waals surface area contributed by atoms with Crippen LogP contribution in [0.4, 0.5) is 0 Å². The molecule has 2 rings (SSSR count). The van der Waals surface area contributed by atoms with Crippen molar-refractivity contribution in [2.24, 2.45) is 0 Å². The molecule has 6 nitrogen and oxygen atoms in total. The van der Waals surface area contributed by atoms with E-state index in [1.54, 1.807) is 26.2 Å². The molecular formula is C15H18N2O4S. The van der Waals surface area contributed by atoms with Crippen LogP contribution in [0, 0.1) is 0 Å². The highest BCUT2D eigenvalue weighted by molar-refractivity contribution is 7.99. The molecule has 1 fully saturated rings. The molecule has 0 saturated carbocycles. The number of benzene rings is 1. The third kappa shape index (κ3) is 3.24. The van der Waals surface area contributed by atoms with Gasteiger partial charge in [-0.25, -0.2) is 4.79 Å². The van der Waals surface area contributed by atoms with Gasteiger partial charge in [-0.2, -0.15) is 11.8 Å². The average Bonchev–Trinajstić information content (AvgIpc) is 2.96. The number of hydrogen-bond acceptors (Lipinski definition) is 4. The van der Waals surface area contributed by atoms with Gasteiger partial charge < -0.3 is 15.3 Å². The summed E-state index contributed by atoms with van der Waals surface area (Å²) in [6.07, 6.45) is 0.413. The number of aliphatic carboxylic acids is 1. The van der Waals surface area contributed by atoms with Crippen molar-refractivity contribution in [3.63, 3.8) is 0 Å². The standard InChI is InChI=1S/C15H18N2O4S/c1-17(2)13(19)11-5-3-10(4-6-11)12(18)16-15(14(20)21)7-8-22-9-15/h3-6H,7-9H2,1-2H3,(H,16,18)(H,20,21). The van der Waals surface area contributed by atoms with Gasteiger partial charge in [-0.3, -0.25) is 9.59 Å². The summed E-state index contributed by atoms with van der Waals surface area (Å²) in [6, 6.07) is 6.19. The summed E-state index contributed by atoms with van der Waals surface area (Å²) in [5.74, 6) is -0.520. The zero-order chi connectivity index (χ0) is 16.3. The first kappa shape index (κ1) is 16.4. The summed E-state index contributed by atoms with van der Waals surface area (Å²) in [6.45, 7) is 0. The summed E-state index contributed by atoms with van der Waals surface area (Å²) in [5.41, 5.74) is -0.376. The maximum atomic E-state index is 12.2. The number of carboxylic acid groups (broad SMARTS) is 1. The topological polar surface area (TPSA) is 86.7 Å². The van der Waals surface area contributed by atoms with Gasteiger partial charge in [-0.05, 0) is 36.4 Å². The first-order valence-electron chi connectivity index (χ1n) is 6.81. The van der Waals surface area contributed by atoms with E-state index in [1.807, 2.05) is 0 Å². The fourth-order valence-corrected chi connectivity index (χ4v) is 3.52. The number of carboxylic acids is 1. The van der Waals surface area contributed by atoms with Gasteiger partial charge in [0.1, 0.15) is 5.54 Å². The number of nitrogens with one attached hydrogen (secondary N) is 1. The number of nitrogens with zero attached hydrogens (tertiary/aromatic N) is 1. The molecule has 22 heavy (non-hydrogen) atoms. The van der Waals surface area contributed by atoms with Crippen molar-refractivity contribution in [2.45, 2.75) is 12.0 Å². The van der Waals surface area contributed by atoms with Gasteiger partial charge in [0.15, 0.2) is 0 Å². The fraction of sp³-hybridized carbons (Fsp3) is 0.400. The molecule has 0 spiro atoms. The molecule has 1 aliphatic heterocycles. The molecule has 1 aliphatic rings. The quantitative estimate of drug-likeness (QED) is 0.866. The predicted molar refractivity (Wildman–Crippen MR) is 84.2 cm³/mol. The van der Waals surface area contributed by atoms with E-state index in [2.05, 4.69) is 5.32 Å². The first-order chi connectivity index (χ1) is 10.4. The van der Waals surface area contributed by atoms with Crippen LogP contribution in [0.2, 0.25) is 0 Å². The van der Waals surface area contributed by atoms with Crippen LogP contribution in [0.3, 0.4) is 0 Å². The molecule has 1 aromatic rings. The molecule has 0 bridgehead atoms. The van der Waals surface area contributed by atoms with Crippen LogP contribution in [0.5, 0.6) is 0 Å². The molecule has 0 radical (unpaired) electrons. The van der Waals surface area contributed by atoms with Gasteiger partial charge in [-0.1, -0.05) is 0 Å². The minimum Gasteiger partial charge on any atom is -0.479 e. The normalized spacial score (nSPS) is 20.5. The fourth-order valence-electron chi connectivity index (χ4n) is 2.20. The molecule has 118 valence electrons. The zero-order valence-corrected chi connectivity index (χ0v) is 13.3. The highest BCUT2D eigenvalue weighted by Crippen LogP contribution is 2.28. The lowest BCUT2D eigenvalue weighted by Gasteiger charge is -2.24. The lowest BCUT2D eigenvalue weighted by atomic mass is 9.98. The van der Waals surface area contributed by atoms with Crippen LogP contribution < -0.4 is 5.32 Å². The second kappa shape index (κ2) is 6.39. The largest absolute Gasteiger partial charge is 0.479 e. The lowest BCUT2D eigenvalue weighted by molar-refractivity contribution is -0.143. The second-order valence-corrected chi connectivity index (χ2v) is 6.53. The Morgan fingerprint density at radius 3 is 2.23 bits per heavy atom. The van der Waals surface area contributed by atoms with Crippen molar-refractivity contribution >= 4 is 29.5 Å². The van der Waals surface area contributed by atoms with Gasteiger partial charge in [-0.15, -0.1) is 0 Å². The number of carbonyl (C=O) groups excluding carboxylic acids is 2. The van der Waals surface area contributed by atoms with E-state index < -0.39 is 17.4 Å². The SMILES string of the molecule is CN(C)C(=O)c1ccc(C(=O)NC2(C(=O)O)CCSC2)cc1. The first-order valence-corrected chi connectivity index (χ1v) is 7.96. The number of hydrogen-bond donors (Lipinski definition) is 2. The molecule has 1 saturated heterocycles. The maximum absolute atomic E-state index is 12.2. The Labute approximate surface area is 132 Å². The van der Waals surface area contributed by atoms with E-state index in [9.17, 15) is 19.5 Å². The van der Waals surface area contributed by atoms with E-state index >= 15 is 0 Å². The number of amides is 2. The van der Waals surface area contributed by atoms with Gasteiger partial charge >= 0.3 is 5.97 Å². The van der Waals surface area contributed by atoms with Gasteiger partial charge in [0.25, 0.3) is 11.8 Å². The Balaban J connectivity index is 2.13. The van der Waals surface area contributed by atoms with Crippen LogP contribution in [-0.2, 0) is 4.79 Å². The second-order valence-electron chi connectivity index (χ2n) is 5.42. The minimum atomic E-state index is -1.19. The smallest absolute Gasteiger partial charge is 0.330 e. The molecule has 1 atom stereocenters. The molecule has 2 N–H and O–H groups in total. The van der Waals surface area contributed by atoms with Crippen molar-refractivity contribution in [1.82, 2.24) is 10.2 Å². The molecule has 1 aromatic carbocycles. The van der Waals surface area contributed by atoms with Crippen molar-refractivity contribution in [3.8, 4) is 0 Å². The van der Waals surface area contributed by atoms with Crippen molar-refractivity contribution in [3.05, 3.63) is 35.4 Å². The van der Waals surface area contributed by atoms with E-state index in [-0.39, 0.29) is 5.91 Å². The van der Waals surface area contributed by atoms with E-state index in [4.69, 9.17) is 0 Å². The van der Waals surface area contributed by atoms with Gasteiger partial charge in [0, 0.05) is 31.0 Å². The summed E-state index contributed by atoms with van der Waals surface area (Å²) in [5, 5.41) is 12.0. The molecular weight excluding hydrogens is 304 g/mol. The Hall–Kier alpha value is -2.02. The highest BCUT2D eigenvalue weighted by atomic mass is 32.2. The summed E-state index contributed by atoms with van der Waals surface area (Å²) < 4.78 is 0. The maximum Gasteiger partial charge on any atom is 0.330 e. The van der Waals surface area contributed by atoms with Crippen LogP contribution >= 0.6 is 11.8 Å². The van der Waals surface area contributed by atoms with Crippen molar-refractivity contribution < 1.29 is 19.5 Å². The van der Waals surface area contributed by atoms with Crippen molar-refractivity contribution in [2.75, 3.05) is 25.6 Å². The van der Waals surface area contributed by atoms with E-state index in [1.165, 1.54) is 28.8 Å². The molecule has 2 amide bonds. The third-order valence-corrected chi connectivity index (χ3v) is 4.77. The summed E-state index contributed by atoms with van der Waals surface area (Å²) >= 11 is 1.51. The molecule has 7 heteroatoms. The molecule has 0 aliphatic carbocycles. The van der Waals surface area contributed by atoms with Crippen molar-refractivity contribution in [1.29, 1.82) is 0 Å². The number of thioether (sulfide) groups is 1. The van der Waals surface area contributed by atoms with Gasteiger partial charge in [0.2, 0.25) is 0 Å². The van der Waals surface area contributed by atoms with Crippen LogP contribution in [0.15, 0.2) is 24.3 Å². The predicted octanol–water partition coefficient (Wildman–Crippen LogP) is 1.08. The Kier molecular flexibility index (Phi) is 4.75. The average molecular weight is 322 g/mol. The summed E-state index contributed by atoms with van der Waals surface area (Å²) in [7, 11) is 3.30. The number of carbonyl (C=O) groups is 3.